The van der Waals surface area contributed by atoms with Crippen LogP contribution in [0.2, 0.25) is 0 Å². The van der Waals surface area contributed by atoms with Crippen LogP contribution in [-0.2, 0) is 0 Å². The summed E-state index contributed by atoms with van der Waals surface area (Å²) in [7, 11) is 1.79. The highest BCUT2D eigenvalue weighted by Crippen LogP contribution is 2.16. The number of rotatable bonds is 1. The van der Waals surface area contributed by atoms with Crippen LogP contribution in [0.5, 0.6) is 0 Å². The van der Waals surface area contributed by atoms with E-state index < -0.39 is 0 Å². The van der Waals surface area contributed by atoms with Gasteiger partial charge in [0.2, 0.25) is 5.95 Å². The highest BCUT2D eigenvalue weighted by atomic mass is 79.9. The van der Waals surface area contributed by atoms with E-state index in [9.17, 15) is 0 Å². The molecule has 0 fully saturated rings. The molecule has 0 amide bonds. The van der Waals surface area contributed by atoms with Crippen LogP contribution in [0.15, 0.2) is 22.8 Å². The van der Waals surface area contributed by atoms with Gasteiger partial charge in [-0.15, -0.1) is 5.10 Å². The number of anilines is 1. The second-order valence-electron chi connectivity index (χ2n) is 2.31. The molecule has 2 aromatic rings. The largest absolute Gasteiger partial charge is 0.356 e. The molecule has 0 saturated carbocycles. The Morgan fingerprint density at radius 2 is 2.42 bits per heavy atom. The summed E-state index contributed by atoms with van der Waals surface area (Å²) >= 11 is 3.39. The van der Waals surface area contributed by atoms with Gasteiger partial charge in [0.15, 0.2) is 5.65 Å². The van der Waals surface area contributed by atoms with Crippen molar-refractivity contribution in [3.63, 3.8) is 0 Å². The monoisotopic (exact) mass is 226 g/mol. The Bertz CT molecular complexity index is 409. The molecule has 0 aliphatic rings. The van der Waals surface area contributed by atoms with Crippen LogP contribution in [0.25, 0.3) is 5.65 Å². The third-order valence-electron chi connectivity index (χ3n) is 1.54. The molecular formula is C7H7BrN4. The SMILES string of the molecule is CNc1nc2c(Br)cccn2n1. The predicted molar refractivity (Wildman–Crippen MR) is 50.2 cm³/mol. The highest BCUT2D eigenvalue weighted by Gasteiger charge is 2.02. The maximum Gasteiger partial charge on any atom is 0.242 e. The zero-order chi connectivity index (χ0) is 8.55. The Kier molecular flexibility index (Phi) is 1.73. The van der Waals surface area contributed by atoms with Crippen LogP contribution < -0.4 is 5.32 Å². The summed E-state index contributed by atoms with van der Waals surface area (Å²) in [6.07, 6.45) is 1.86. The van der Waals surface area contributed by atoms with Gasteiger partial charge in [-0.3, -0.25) is 0 Å². The van der Waals surface area contributed by atoms with E-state index in [1.54, 1.807) is 11.6 Å². The summed E-state index contributed by atoms with van der Waals surface area (Å²) < 4.78 is 2.66. The van der Waals surface area contributed by atoms with Crippen LogP contribution in [0.1, 0.15) is 0 Å². The maximum atomic E-state index is 4.22. The van der Waals surface area contributed by atoms with Crippen molar-refractivity contribution in [2.24, 2.45) is 0 Å². The van der Waals surface area contributed by atoms with Gasteiger partial charge in [0.1, 0.15) is 0 Å². The van der Waals surface area contributed by atoms with Gasteiger partial charge >= 0.3 is 0 Å². The van der Waals surface area contributed by atoms with Crippen LogP contribution in [0.4, 0.5) is 5.95 Å². The molecule has 0 saturated heterocycles. The Labute approximate surface area is 77.7 Å². The van der Waals surface area contributed by atoms with E-state index in [2.05, 4.69) is 31.3 Å². The standard InChI is InChI=1S/C7H7BrN4/c1-9-7-10-6-5(8)3-2-4-12(6)11-7/h2-4H,1H3,(H,9,11). The molecule has 0 aromatic carbocycles. The molecule has 0 radical (unpaired) electrons. The normalized spacial score (nSPS) is 10.5. The summed E-state index contributed by atoms with van der Waals surface area (Å²) in [5.74, 6) is 0.627. The van der Waals surface area contributed by atoms with Gasteiger partial charge in [0.05, 0.1) is 4.47 Å². The molecule has 0 atom stereocenters. The number of fused-ring (bicyclic) bond motifs is 1. The molecule has 2 rings (SSSR count). The minimum atomic E-state index is 0.627. The van der Waals surface area contributed by atoms with Gasteiger partial charge in [-0.05, 0) is 28.1 Å². The van der Waals surface area contributed by atoms with Crippen molar-refractivity contribution in [3.8, 4) is 0 Å². The summed E-state index contributed by atoms with van der Waals surface area (Å²) in [6, 6.07) is 3.84. The average Bonchev–Trinajstić information content (AvgIpc) is 2.49. The summed E-state index contributed by atoms with van der Waals surface area (Å²) in [4.78, 5) is 4.22. The fourth-order valence-corrected chi connectivity index (χ4v) is 1.40. The van der Waals surface area contributed by atoms with Crippen molar-refractivity contribution in [3.05, 3.63) is 22.8 Å². The van der Waals surface area contributed by atoms with Gasteiger partial charge in [-0.25, -0.2) is 4.52 Å². The quantitative estimate of drug-likeness (QED) is 0.803. The number of pyridine rings is 1. The lowest BCUT2D eigenvalue weighted by atomic mass is 10.5. The fourth-order valence-electron chi connectivity index (χ4n) is 0.980. The molecule has 2 heterocycles. The van der Waals surface area contributed by atoms with E-state index in [1.807, 2.05) is 18.3 Å². The molecule has 0 aliphatic carbocycles. The van der Waals surface area contributed by atoms with Crippen molar-refractivity contribution in [1.82, 2.24) is 14.6 Å². The van der Waals surface area contributed by atoms with E-state index in [0.29, 0.717) is 5.95 Å². The second kappa shape index (κ2) is 2.75. The molecule has 0 spiro atoms. The Morgan fingerprint density at radius 1 is 1.58 bits per heavy atom. The molecule has 2 aromatic heterocycles. The van der Waals surface area contributed by atoms with Gasteiger partial charge in [-0.1, -0.05) is 0 Å². The molecule has 4 nitrogen and oxygen atoms in total. The molecule has 5 heteroatoms. The first-order valence-electron chi connectivity index (χ1n) is 3.50. The number of hydrogen-bond acceptors (Lipinski definition) is 3. The summed E-state index contributed by atoms with van der Waals surface area (Å²) in [5, 5.41) is 7.04. The minimum Gasteiger partial charge on any atom is -0.356 e. The number of nitrogens with zero attached hydrogens (tertiary/aromatic N) is 3. The lowest BCUT2D eigenvalue weighted by Crippen LogP contribution is -1.90. The van der Waals surface area contributed by atoms with Gasteiger partial charge < -0.3 is 5.32 Å². The third kappa shape index (κ3) is 1.06. The predicted octanol–water partition coefficient (Wildman–Crippen LogP) is 1.53. The first kappa shape index (κ1) is 7.54. The van der Waals surface area contributed by atoms with Crippen LogP contribution in [-0.4, -0.2) is 21.6 Å². The molecule has 62 valence electrons. The number of aromatic nitrogens is 3. The van der Waals surface area contributed by atoms with Crippen molar-refractivity contribution in [2.45, 2.75) is 0 Å². The molecular weight excluding hydrogens is 220 g/mol. The van der Waals surface area contributed by atoms with Crippen LogP contribution in [0, 0.1) is 0 Å². The Hall–Kier alpha value is -1.10. The van der Waals surface area contributed by atoms with Gasteiger partial charge in [-0.2, -0.15) is 4.98 Å². The van der Waals surface area contributed by atoms with E-state index in [0.717, 1.165) is 10.1 Å². The van der Waals surface area contributed by atoms with Crippen LogP contribution in [0.3, 0.4) is 0 Å². The lowest BCUT2D eigenvalue weighted by molar-refractivity contribution is 0.960. The zero-order valence-electron chi connectivity index (χ0n) is 6.45. The smallest absolute Gasteiger partial charge is 0.242 e. The van der Waals surface area contributed by atoms with E-state index in [1.165, 1.54) is 0 Å². The molecule has 0 unspecified atom stereocenters. The Morgan fingerprint density at radius 3 is 3.08 bits per heavy atom. The Balaban J connectivity index is 2.74. The van der Waals surface area contributed by atoms with Crippen molar-refractivity contribution >= 4 is 27.5 Å². The molecule has 0 bridgehead atoms. The average molecular weight is 227 g/mol. The topological polar surface area (TPSA) is 42.2 Å². The zero-order valence-corrected chi connectivity index (χ0v) is 8.04. The van der Waals surface area contributed by atoms with E-state index >= 15 is 0 Å². The van der Waals surface area contributed by atoms with Crippen LogP contribution >= 0.6 is 15.9 Å². The van der Waals surface area contributed by atoms with Gasteiger partial charge in [0, 0.05) is 13.2 Å². The molecule has 1 N–H and O–H groups in total. The van der Waals surface area contributed by atoms with Crippen molar-refractivity contribution in [1.29, 1.82) is 0 Å². The fraction of sp³-hybridized carbons (Fsp3) is 0.143. The number of halogens is 1. The van der Waals surface area contributed by atoms with E-state index in [4.69, 9.17) is 0 Å². The number of hydrogen-bond donors (Lipinski definition) is 1. The summed E-state index contributed by atoms with van der Waals surface area (Å²) in [5.41, 5.74) is 0.821. The van der Waals surface area contributed by atoms with Crippen molar-refractivity contribution < 1.29 is 0 Å². The highest BCUT2D eigenvalue weighted by molar-refractivity contribution is 9.10. The number of nitrogens with one attached hydrogen (secondary N) is 1. The first-order chi connectivity index (χ1) is 5.81. The maximum absolute atomic E-state index is 4.22. The van der Waals surface area contributed by atoms with E-state index in [-0.39, 0.29) is 0 Å². The third-order valence-corrected chi connectivity index (χ3v) is 2.16. The van der Waals surface area contributed by atoms with Gasteiger partial charge in [0.25, 0.3) is 0 Å². The second-order valence-corrected chi connectivity index (χ2v) is 3.16. The lowest BCUT2D eigenvalue weighted by Gasteiger charge is -1.90. The molecule has 12 heavy (non-hydrogen) atoms. The minimum absolute atomic E-state index is 0.627. The summed E-state index contributed by atoms with van der Waals surface area (Å²) in [6.45, 7) is 0. The van der Waals surface area contributed by atoms with Crippen molar-refractivity contribution in [2.75, 3.05) is 12.4 Å². The first-order valence-corrected chi connectivity index (χ1v) is 4.29. The molecule has 0 aliphatic heterocycles.